The van der Waals surface area contributed by atoms with Crippen LogP contribution in [0.5, 0.6) is 0 Å². The Labute approximate surface area is 200 Å². The molecule has 0 saturated carbocycles. The van der Waals surface area contributed by atoms with Crippen molar-refractivity contribution in [3.05, 3.63) is 126 Å². The van der Waals surface area contributed by atoms with Crippen molar-refractivity contribution in [3.8, 4) is 0 Å². The van der Waals surface area contributed by atoms with Crippen molar-refractivity contribution < 1.29 is 20.1 Å². The number of aromatic nitrogens is 5. The third-order valence-electron chi connectivity index (χ3n) is 4.70. The molecular formula is C24H16IrN7. The van der Waals surface area contributed by atoms with Crippen molar-refractivity contribution in [1.29, 1.82) is 10.5 Å². The van der Waals surface area contributed by atoms with Gasteiger partial charge in [-0.05, 0) is 42.6 Å². The molecule has 4 aromatic heterocycles. The summed E-state index contributed by atoms with van der Waals surface area (Å²) in [7, 11) is 0. The molecule has 0 atom stereocenters. The first-order chi connectivity index (χ1) is 15.3. The third kappa shape index (κ3) is 5.65. The Morgan fingerprint density at radius 1 is 0.688 bits per heavy atom. The molecule has 4 aromatic rings. The Bertz CT molecular complexity index is 1120. The molecule has 0 aliphatic carbocycles. The molecule has 0 amide bonds. The zero-order valence-electron chi connectivity index (χ0n) is 16.8. The van der Waals surface area contributed by atoms with Crippen LogP contribution in [0, 0.1) is 29.7 Å². The van der Waals surface area contributed by atoms with Gasteiger partial charge in [0.1, 0.15) is 0 Å². The van der Waals surface area contributed by atoms with E-state index in [0.717, 1.165) is 39.7 Å². The molecule has 0 radical (unpaired) electrons. The van der Waals surface area contributed by atoms with Gasteiger partial charge in [0.2, 0.25) is 0 Å². The first-order valence-corrected chi connectivity index (χ1v) is 9.34. The molecule has 0 saturated heterocycles. The second-order valence-corrected chi connectivity index (χ2v) is 6.60. The van der Waals surface area contributed by atoms with E-state index in [9.17, 15) is 0 Å². The summed E-state index contributed by atoms with van der Waals surface area (Å²) in [5, 5.41) is 20.4. The van der Waals surface area contributed by atoms with Crippen molar-refractivity contribution in [2.45, 2.75) is 18.8 Å². The monoisotopic (exact) mass is 595 g/mol. The molecule has 5 rings (SSSR count). The summed E-state index contributed by atoms with van der Waals surface area (Å²) in [4.78, 5) is 14.6. The van der Waals surface area contributed by atoms with Gasteiger partial charge in [-0.15, -0.1) is 0 Å². The molecule has 0 fully saturated rings. The van der Waals surface area contributed by atoms with Gasteiger partial charge in [-0.2, -0.15) is 10.7 Å². The van der Waals surface area contributed by atoms with E-state index >= 15 is 0 Å². The Morgan fingerprint density at radius 2 is 1.16 bits per heavy atom. The van der Waals surface area contributed by atoms with Gasteiger partial charge in [0.25, 0.3) is 0 Å². The molecule has 156 valence electrons. The maximum Gasteiger partial charge on any atom is 3.00 e. The van der Waals surface area contributed by atoms with Gasteiger partial charge in [-0.25, -0.2) is 6.07 Å². The first-order valence-electron chi connectivity index (χ1n) is 9.34. The van der Waals surface area contributed by atoms with E-state index in [1.54, 1.807) is 12.4 Å². The predicted octanol–water partition coefficient (Wildman–Crippen LogP) is 3.33. The fraction of sp³-hybridized carbons (Fsp3) is 0.125. The minimum Gasteiger partial charge on any atom is -0.512 e. The van der Waals surface area contributed by atoms with E-state index in [4.69, 9.17) is 38.6 Å². The quantitative estimate of drug-likeness (QED) is 0.274. The SMILES string of the molecule is [C-]#N.[C-]#N.[Ir+3].[c-]1cnncc1C1c2cccc(n2)Cc2cccc(n2)Cc2cccc1n2. The minimum absolute atomic E-state index is 0. The molecule has 0 unspecified atom stereocenters. The van der Waals surface area contributed by atoms with Gasteiger partial charge in [0.05, 0.1) is 11.4 Å². The Morgan fingerprint density at radius 3 is 1.62 bits per heavy atom. The van der Waals surface area contributed by atoms with E-state index in [2.05, 4.69) is 22.3 Å². The number of nitrogens with zero attached hydrogens (tertiary/aromatic N) is 7. The van der Waals surface area contributed by atoms with Gasteiger partial charge < -0.3 is 23.7 Å². The fourth-order valence-corrected chi connectivity index (χ4v) is 3.51. The van der Waals surface area contributed by atoms with E-state index in [-0.39, 0.29) is 26.0 Å². The number of hydrogen-bond donors (Lipinski definition) is 0. The largest absolute Gasteiger partial charge is 3.00 e. The summed E-state index contributed by atoms with van der Waals surface area (Å²) in [5.74, 6) is -0.133. The Kier molecular flexibility index (Phi) is 9.25. The number of fused-ring (bicyclic) bond motifs is 6. The van der Waals surface area contributed by atoms with Crippen LogP contribution in [0.4, 0.5) is 0 Å². The van der Waals surface area contributed by atoms with Gasteiger partial charge >= 0.3 is 20.1 Å². The molecule has 0 N–H and O–H groups in total. The van der Waals surface area contributed by atoms with Crippen LogP contribution in [0.2, 0.25) is 0 Å². The summed E-state index contributed by atoms with van der Waals surface area (Å²) in [6.45, 7) is 9.50. The molecule has 32 heavy (non-hydrogen) atoms. The third-order valence-corrected chi connectivity index (χ3v) is 4.70. The molecule has 8 heteroatoms. The van der Waals surface area contributed by atoms with E-state index in [1.807, 2.05) is 48.5 Å². The molecule has 6 bridgehead atoms. The first kappa shape index (κ1) is 24.4. The average molecular weight is 595 g/mol. The van der Waals surface area contributed by atoms with E-state index in [0.29, 0.717) is 12.8 Å². The molecule has 7 nitrogen and oxygen atoms in total. The van der Waals surface area contributed by atoms with E-state index < -0.39 is 0 Å². The molecule has 5 heterocycles. The molecule has 0 spiro atoms. The van der Waals surface area contributed by atoms with Gasteiger partial charge in [-0.3, -0.25) is 20.1 Å². The van der Waals surface area contributed by atoms with Crippen molar-refractivity contribution in [1.82, 2.24) is 25.1 Å². The van der Waals surface area contributed by atoms with Crippen molar-refractivity contribution in [3.63, 3.8) is 0 Å². The van der Waals surface area contributed by atoms with Crippen LogP contribution in [0.3, 0.4) is 0 Å². The maximum atomic E-state index is 6.25. The topological polar surface area (TPSA) is 112 Å². The van der Waals surface area contributed by atoms with Crippen LogP contribution in [-0.2, 0) is 32.9 Å². The molecule has 1 aliphatic rings. The zero-order valence-corrected chi connectivity index (χ0v) is 19.2. The van der Waals surface area contributed by atoms with Crippen LogP contribution in [-0.4, -0.2) is 25.1 Å². The minimum atomic E-state index is -0.133. The Balaban J connectivity index is 0.000000689. The summed E-state index contributed by atoms with van der Waals surface area (Å²) >= 11 is 0. The van der Waals surface area contributed by atoms with Crippen LogP contribution < -0.4 is 0 Å². The predicted molar refractivity (Wildman–Crippen MR) is 110 cm³/mol. The second-order valence-electron chi connectivity index (χ2n) is 6.60. The van der Waals surface area contributed by atoms with Crippen molar-refractivity contribution in [2.24, 2.45) is 0 Å². The normalized spacial score (nSPS) is 11.5. The van der Waals surface area contributed by atoms with Crippen LogP contribution in [0.25, 0.3) is 0 Å². The van der Waals surface area contributed by atoms with Gasteiger partial charge in [0.15, 0.2) is 0 Å². The van der Waals surface area contributed by atoms with Crippen LogP contribution in [0.1, 0.15) is 45.6 Å². The van der Waals surface area contributed by atoms with Crippen LogP contribution in [0.15, 0.2) is 67.0 Å². The summed E-state index contributed by atoms with van der Waals surface area (Å²) in [6, 6.07) is 21.6. The van der Waals surface area contributed by atoms with E-state index in [1.165, 1.54) is 0 Å². The second kappa shape index (κ2) is 12.1. The fourth-order valence-electron chi connectivity index (χ4n) is 3.51. The Hall–Kier alpha value is -3.84. The summed E-state index contributed by atoms with van der Waals surface area (Å²) in [6.07, 6.45) is 4.74. The zero-order chi connectivity index (χ0) is 22.1. The van der Waals surface area contributed by atoms with Crippen molar-refractivity contribution in [2.75, 3.05) is 0 Å². The van der Waals surface area contributed by atoms with Crippen molar-refractivity contribution >= 4 is 0 Å². The number of hydrogen-bond acceptors (Lipinski definition) is 7. The van der Waals surface area contributed by atoms with Gasteiger partial charge in [0, 0.05) is 41.5 Å². The molecule has 1 aliphatic heterocycles. The van der Waals surface area contributed by atoms with Crippen LogP contribution >= 0.6 is 0 Å². The summed E-state index contributed by atoms with van der Waals surface area (Å²) < 4.78 is 0. The van der Waals surface area contributed by atoms with Gasteiger partial charge in [-0.1, -0.05) is 24.4 Å². The number of rotatable bonds is 1. The summed E-state index contributed by atoms with van der Waals surface area (Å²) in [5.41, 5.74) is 6.77. The average Bonchev–Trinajstić information content (AvgIpc) is 2.83. The molecule has 0 aromatic carbocycles. The smallest absolute Gasteiger partial charge is 0.512 e. The number of pyridine rings is 3. The standard InChI is InChI=1S/C22H16N5.2CN.Ir/c1-4-16-12-18-6-2-8-20(26-18)22(15-10-11-23-24-14-15)21-9-3-7-19(27-21)13-17(5-1)25-16;2*1-2;/h1-9,11,14,22H,12-13H2;;;/q3*-1;+3. The molecular weight excluding hydrogens is 579 g/mol. The maximum absolute atomic E-state index is 6.25.